The fourth-order valence-corrected chi connectivity index (χ4v) is 2.83. The van der Waals surface area contributed by atoms with Crippen molar-refractivity contribution in [3.63, 3.8) is 0 Å². The fourth-order valence-electron chi connectivity index (χ4n) is 2.83. The van der Waals surface area contributed by atoms with E-state index in [1.54, 1.807) is 7.11 Å². The number of ether oxygens (including phenoxy) is 1. The van der Waals surface area contributed by atoms with Gasteiger partial charge in [0.15, 0.2) is 0 Å². The molecule has 2 amide bonds. The molecule has 0 spiro atoms. The summed E-state index contributed by atoms with van der Waals surface area (Å²) in [7, 11) is 1.68. The van der Waals surface area contributed by atoms with Crippen molar-refractivity contribution in [2.75, 3.05) is 13.7 Å². The standard InChI is InChI=1S/C16H24N2O3/c1-21-15-10-6-5-9-13(15)17-16(20)18-14(11-19)12-7-3-2-4-8-12/h2-4,7-8,13-15,19H,5-6,9-11H2,1H3,(H2,17,18,20)/t13-,14+,15+/m0/s1. The number of hydrogen-bond acceptors (Lipinski definition) is 3. The van der Waals surface area contributed by atoms with Gasteiger partial charge in [-0.25, -0.2) is 4.79 Å². The zero-order valence-corrected chi connectivity index (χ0v) is 12.4. The number of urea groups is 1. The van der Waals surface area contributed by atoms with Crippen molar-refractivity contribution in [3.8, 4) is 0 Å². The van der Waals surface area contributed by atoms with Gasteiger partial charge in [-0.15, -0.1) is 0 Å². The van der Waals surface area contributed by atoms with Crippen LogP contribution in [-0.4, -0.2) is 37.0 Å². The number of benzene rings is 1. The van der Waals surface area contributed by atoms with Gasteiger partial charge >= 0.3 is 6.03 Å². The van der Waals surface area contributed by atoms with E-state index >= 15 is 0 Å². The Bertz CT molecular complexity index is 438. The molecule has 21 heavy (non-hydrogen) atoms. The molecule has 0 radical (unpaired) electrons. The van der Waals surface area contributed by atoms with Gasteiger partial charge in [-0.1, -0.05) is 43.2 Å². The average molecular weight is 292 g/mol. The Kier molecular flexibility index (Phi) is 6.02. The number of rotatable bonds is 5. The average Bonchev–Trinajstić information content (AvgIpc) is 2.54. The first kappa shape index (κ1) is 15.8. The molecule has 5 nitrogen and oxygen atoms in total. The van der Waals surface area contributed by atoms with Crippen molar-refractivity contribution >= 4 is 6.03 Å². The van der Waals surface area contributed by atoms with Gasteiger partial charge in [0.25, 0.3) is 0 Å². The minimum absolute atomic E-state index is 0.0406. The summed E-state index contributed by atoms with van der Waals surface area (Å²) in [6.07, 6.45) is 4.23. The first-order valence-corrected chi connectivity index (χ1v) is 7.50. The molecule has 0 aromatic heterocycles. The van der Waals surface area contributed by atoms with Gasteiger partial charge in [0.05, 0.1) is 24.8 Å². The molecule has 0 saturated heterocycles. The van der Waals surface area contributed by atoms with E-state index in [4.69, 9.17) is 4.74 Å². The van der Waals surface area contributed by atoms with E-state index in [-0.39, 0.29) is 24.8 Å². The van der Waals surface area contributed by atoms with Gasteiger partial charge in [0.2, 0.25) is 0 Å². The van der Waals surface area contributed by atoms with E-state index in [9.17, 15) is 9.90 Å². The Labute approximate surface area is 125 Å². The second-order valence-electron chi connectivity index (χ2n) is 5.43. The Hall–Kier alpha value is -1.59. The van der Waals surface area contributed by atoms with Crippen LogP contribution >= 0.6 is 0 Å². The third kappa shape index (κ3) is 4.44. The maximum absolute atomic E-state index is 12.1. The lowest BCUT2D eigenvalue weighted by molar-refractivity contribution is 0.0449. The van der Waals surface area contributed by atoms with E-state index in [0.717, 1.165) is 31.2 Å². The van der Waals surface area contributed by atoms with Gasteiger partial charge in [-0.3, -0.25) is 0 Å². The van der Waals surface area contributed by atoms with Crippen LogP contribution < -0.4 is 10.6 Å². The van der Waals surface area contributed by atoms with Crippen LogP contribution in [0.1, 0.15) is 37.3 Å². The molecule has 116 valence electrons. The molecule has 0 heterocycles. The summed E-state index contributed by atoms with van der Waals surface area (Å²) in [6.45, 7) is -0.129. The second-order valence-corrected chi connectivity index (χ2v) is 5.43. The molecule has 1 saturated carbocycles. The minimum atomic E-state index is -0.393. The molecule has 3 N–H and O–H groups in total. The highest BCUT2D eigenvalue weighted by Gasteiger charge is 2.26. The highest BCUT2D eigenvalue weighted by atomic mass is 16.5. The third-order valence-corrected chi connectivity index (χ3v) is 4.01. The molecule has 0 bridgehead atoms. The van der Waals surface area contributed by atoms with Crippen LogP contribution in [0.25, 0.3) is 0 Å². The van der Waals surface area contributed by atoms with Crippen LogP contribution in [0, 0.1) is 0 Å². The van der Waals surface area contributed by atoms with E-state index in [1.807, 2.05) is 30.3 Å². The molecular weight excluding hydrogens is 268 g/mol. The Balaban J connectivity index is 1.90. The summed E-state index contributed by atoms with van der Waals surface area (Å²) in [6, 6.07) is 8.85. The molecule has 1 fully saturated rings. The molecule has 2 rings (SSSR count). The van der Waals surface area contributed by atoms with Crippen LogP contribution in [0.5, 0.6) is 0 Å². The third-order valence-electron chi connectivity index (χ3n) is 4.01. The number of aliphatic hydroxyl groups excluding tert-OH is 1. The summed E-state index contributed by atoms with van der Waals surface area (Å²) >= 11 is 0. The molecule has 1 aromatic carbocycles. The zero-order chi connectivity index (χ0) is 15.1. The number of carbonyl (C=O) groups is 1. The lowest BCUT2D eigenvalue weighted by Gasteiger charge is -2.31. The predicted molar refractivity (Wildman–Crippen MR) is 81.0 cm³/mol. The van der Waals surface area contributed by atoms with Gasteiger partial charge in [-0.2, -0.15) is 0 Å². The lowest BCUT2D eigenvalue weighted by atomic mass is 9.92. The van der Waals surface area contributed by atoms with Gasteiger partial charge in [0, 0.05) is 7.11 Å². The SMILES string of the molecule is CO[C@@H]1CCCC[C@@H]1NC(=O)N[C@H](CO)c1ccccc1. The zero-order valence-electron chi connectivity index (χ0n) is 12.4. The topological polar surface area (TPSA) is 70.6 Å². The van der Waals surface area contributed by atoms with Crippen LogP contribution in [0.3, 0.4) is 0 Å². The van der Waals surface area contributed by atoms with Gasteiger partial charge in [-0.05, 0) is 18.4 Å². The maximum Gasteiger partial charge on any atom is 0.315 e. The molecule has 0 aliphatic heterocycles. The Morgan fingerprint density at radius 3 is 2.71 bits per heavy atom. The molecule has 1 aliphatic carbocycles. The van der Waals surface area contributed by atoms with Crippen molar-refractivity contribution in [1.29, 1.82) is 0 Å². The van der Waals surface area contributed by atoms with E-state index in [0.29, 0.717) is 0 Å². The van der Waals surface area contributed by atoms with Crippen LogP contribution in [0.4, 0.5) is 4.79 Å². The highest BCUT2D eigenvalue weighted by Crippen LogP contribution is 2.21. The summed E-state index contributed by atoms with van der Waals surface area (Å²) in [4.78, 5) is 12.1. The summed E-state index contributed by atoms with van der Waals surface area (Å²) in [5.41, 5.74) is 0.891. The number of hydrogen-bond donors (Lipinski definition) is 3. The van der Waals surface area contributed by atoms with Crippen molar-refractivity contribution in [2.45, 2.75) is 43.9 Å². The molecule has 5 heteroatoms. The first-order valence-electron chi connectivity index (χ1n) is 7.50. The molecular formula is C16H24N2O3. The Morgan fingerprint density at radius 2 is 2.05 bits per heavy atom. The van der Waals surface area contributed by atoms with Crippen molar-refractivity contribution in [3.05, 3.63) is 35.9 Å². The Morgan fingerprint density at radius 1 is 1.33 bits per heavy atom. The van der Waals surface area contributed by atoms with E-state index in [2.05, 4.69) is 10.6 Å². The van der Waals surface area contributed by atoms with Gasteiger partial charge in [0.1, 0.15) is 0 Å². The normalized spacial score (nSPS) is 23.3. The highest BCUT2D eigenvalue weighted by molar-refractivity contribution is 5.74. The van der Waals surface area contributed by atoms with Crippen molar-refractivity contribution in [1.82, 2.24) is 10.6 Å². The number of methoxy groups -OCH3 is 1. The minimum Gasteiger partial charge on any atom is -0.394 e. The lowest BCUT2D eigenvalue weighted by Crippen LogP contribution is -2.50. The number of amides is 2. The van der Waals surface area contributed by atoms with E-state index in [1.165, 1.54) is 0 Å². The number of aliphatic hydroxyl groups is 1. The predicted octanol–water partition coefficient (Wildman–Crippen LogP) is 1.98. The number of carbonyl (C=O) groups excluding carboxylic acids is 1. The molecule has 0 unspecified atom stereocenters. The largest absolute Gasteiger partial charge is 0.394 e. The van der Waals surface area contributed by atoms with Crippen LogP contribution in [0.15, 0.2) is 30.3 Å². The smallest absolute Gasteiger partial charge is 0.315 e. The quantitative estimate of drug-likeness (QED) is 0.777. The monoisotopic (exact) mass is 292 g/mol. The maximum atomic E-state index is 12.1. The second kappa shape index (κ2) is 8.00. The summed E-state index contributed by atoms with van der Waals surface area (Å²) in [5.74, 6) is 0. The van der Waals surface area contributed by atoms with Crippen LogP contribution in [-0.2, 0) is 4.74 Å². The van der Waals surface area contributed by atoms with Crippen LogP contribution in [0.2, 0.25) is 0 Å². The molecule has 1 aliphatic rings. The van der Waals surface area contributed by atoms with E-state index < -0.39 is 6.04 Å². The summed E-state index contributed by atoms with van der Waals surface area (Å²) in [5, 5.41) is 15.3. The molecule has 1 aromatic rings. The summed E-state index contributed by atoms with van der Waals surface area (Å²) < 4.78 is 5.43. The first-order chi connectivity index (χ1) is 10.2. The van der Waals surface area contributed by atoms with Crippen molar-refractivity contribution in [2.24, 2.45) is 0 Å². The molecule has 3 atom stereocenters. The fraction of sp³-hybridized carbons (Fsp3) is 0.562. The number of nitrogens with one attached hydrogen (secondary N) is 2. The van der Waals surface area contributed by atoms with Gasteiger partial charge < -0.3 is 20.5 Å². The van der Waals surface area contributed by atoms with Crippen molar-refractivity contribution < 1.29 is 14.6 Å².